The Morgan fingerprint density at radius 2 is 0.368 bits per heavy atom. The second-order valence-electron chi connectivity index (χ2n) is 29.2. The van der Waals surface area contributed by atoms with Crippen LogP contribution in [0.25, 0.3) is 0 Å². The molecule has 0 rings (SSSR count). The molecule has 125 heavy (non-hydrogen) atoms. The van der Waals surface area contributed by atoms with Crippen molar-refractivity contribution in [1.82, 2.24) is 0 Å². The highest BCUT2D eigenvalue weighted by molar-refractivity contribution is 7.99. The molecule has 0 saturated heterocycles. The number of aliphatic hydroxyl groups is 1. The average Bonchev–Trinajstić information content (AvgIpc) is 0.870. The van der Waals surface area contributed by atoms with Crippen molar-refractivity contribution in [1.29, 1.82) is 0 Å². The average molecular weight is 1890 g/mol. The largest absolute Gasteiger partial charge is 0.432 e. The van der Waals surface area contributed by atoms with Gasteiger partial charge in [-0.15, -0.1) is 0 Å². The van der Waals surface area contributed by atoms with Crippen LogP contribution in [0.3, 0.4) is 0 Å². The first-order valence-corrected chi connectivity index (χ1v) is 53.9. The van der Waals surface area contributed by atoms with Crippen LogP contribution in [0.5, 0.6) is 0 Å². The Labute approximate surface area is 760 Å². The van der Waals surface area contributed by atoms with Gasteiger partial charge in [0.15, 0.2) is 0 Å². The fraction of sp³-hybridized carbons (Fsp3) is 1.00. The molecule has 0 spiro atoms. The minimum Gasteiger partial charge on any atom is -0.432 e. The van der Waals surface area contributed by atoms with Crippen LogP contribution in [-0.4, -0.2) is 492 Å². The van der Waals surface area contributed by atoms with Gasteiger partial charge in [0.2, 0.25) is 18.1 Å². The molecule has 750 valence electrons. The summed E-state index contributed by atoms with van der Waals surface area (Å²) in [5, 5.41) is 9.08. The lowest BCUT2D eigenvalue weighted by molar-refractivity contribution is -0.104. The molecule has 40 heteroatoms. The third-order valence-corrected chi connectivity index (χ3v) is 31.8. The van der Waals surface area contributed by atoms with Crippen LogP contribution in [-0.2, 0) is 156 Å². The topological polar surface area (TPSA) is 365 Å². The van der Waals surface area contributed by atoms with Crippen LogP contribution >= 0.6 is 11.8 Å². The van der Waals surface area contributed by atoms with E-state index in [9.17, 15) is 9.59 Å². The summed E-state index contributed by atoms with van der Waals surface area (Å²) in [6.45, 7) is 47.2. The number of hydrogen-bond donors (Lipinski definition) is 3. The molecule has 2 radical (unpaired) electrons. The number of hydrogen-bond acceptors (Lipinski definition) is 37. The van der Waals surface area contributed by atoms with Crippen molar-refractivity contribution in [2.24, 2.45) is 0 Å². The van der Waals surface area contributed by atoms with E-state index < -0.39 is 26.2 Å². The van der Waals surface area contributed by atoms with E-state index in [2.05, 4.69) is 20.4 Å². The zero-order valence-electron chi connectivity index (χ0n) is 78.7. The Morgan fingerprint density at radius 1 is 0.216 bits per heavy atom. The van der Waals surface area contributed by atoms with Crippen LogP contribution in [0.4, 0.5) is 0 Å². The SMILES string of the molecule is CC[Si](O)C[Si](C)(CCCSCCCOCCOCCOCCOCCOCCOCCOCCOCCOCCOCCOCCOCCOCCOCCOCCOCCOCCOCCOCCOCCOCCOCCOCCOCCOCCOCCOCCOC(C)COC(C)COC(C)COC(C)COC(C)COC(C)CO)C[Si](O)CC. The summed E-state index contributed by atoms with van der Waals surface area (Å²) in [5.41, 5.74) is 2.04. The molecule has 0 aliphatic rings. The van der Waals surface area contributed by atoms with Crippen molar-refractivity contribution in [3.8, 4) is 0 Å². The summed E-state index contributed by atoms with van der Waals surface area (Å²) in [6.07, 6.45) is 1.56. The van der Waals surface area contributed by atoms with Gasteiger partial charge < -0.3 is 171 Å². The normalized spacial score (nSPS) is 13.7. The van der Waals surface area contributed by atoms with Crippen molar-refractivity contribution < 1.29 is 171 Å². The van der Waals surface area contributed by atoms with Gasteiger partial charge in [-0.25, -0.2) is 0 Å². The van der Waals surface area contributed by atoms with E-state index >= 15 is 0 Å². The van der Waals surface area contributed by atoms with Gasteiger partial charge in [-0.1, -0.05) is 26.4 Å². The Hall–Kier alpha value is -0.439. The molecule has 0 amide bonds. The van der Waals surface area contributed by atoms with Crippen LogP contribution in [0.1, 0.15) is 68.2 Å². The quantitative estimate of drug-likeness (QED) is 0.0497. The van der Waals surface area contributed by atoms with Crippen LogP contribution < -0.4 is 0 Å². The fourth-order valence-electron chi connectivity index (χ4n) is 10.4. The molecule has 0 aromatic rings. The van der Waals surface area contributed by atoms with Gasteiger partial charge in [0, 0.05) is 14.7 Å². The van der Waals surface area contributed by atoms with E-state index in [4.69, 9.17) is 161 Å². The molecule has 0 fully saturated rings. The van der Waals surface area contributed by atoms with Crippen LogP contribution in [0, 0.1) is 0 Å². The van der Waals surface area contributed by atoms with Gasteiger partial charge in [-0.2, -0.15) is 11.8 Å². The first kappa shape index (κ1) is 125. The minimum absolute atomic E-state index is 0.0138. The standard InChI is InChI=1S/C85H176O36SSi3/c1-10-123(87)78-125(9,79-124(88)11-2)71-13-70-122-69-12-14-89-15-16-90-17-18-91-19-20-92-21-22-93-23-24-94-25-26-95-27-28-96-29-30-97-31-32-98-33-34-99-35-36-100-37-38-101-39-40-102-41-42-103-43-44-104-45-46-105-47-48-106-49-50-107-51-52-108-53-54-109-55-56-110-57-58-111-59-60-112-61-62-113-63-64-114-65-66-115-67-68-116-81(4)73-118-83(6)75-120-85(8)77-121-84(7)76-119-82(5)74-117-80(3)72-86/h80-88H,10-79H2,1-9H3. The lowest BCUT2D eigenvalue weighted by Gasteiger charge is -2.30. The van der Waals surface area contributed by atoms with Crippen LogP contribution in [0.15, 0.2) is 0 Å². The third-order valence-electron chi connectivity index (χ3n) is 17.4. The van der Waals surface area contributed by atoms with E-state index in [1.807, 2.05) is 53.3 Å². The second kappa shape index (κ2) is 104. The molecule has 0 bridgehead atoms. The summed E-state index contributed by atoms with van der Waals surface area (Å²) in [5.74, 6) is 2.23. The fourth-order valence-corrected chi connectivity index (χ4v) is 25.4. The van der Waals surface area contributed by atoms with E-state index in [0.717, 1.165) is 48.0 Å². The van der Waals surface area contributed by atoms with Gasteiger partial charge in [-0.05, 0) is 89.3 Å². The van der Waals surface area contributed by atoms with E-state index in [0.29, 0.717) is 390 Å². The van der Waals surface area contributed by atoms with E-state index in [-0.39, 0.29) is 43.2 Å². The van der Waals surface area contributed by atoms with Gasteiger partial charge in [0.05, 0.1) is 433 Å². The molecule has 36 nitrogen and oxygen atoms in total. The zero-order chi connectivity index (χ0) is 90.7. The molecular weight excluding hydrogens is 1710 g/mol. The lowest BCUT2D eigenvalue weighted by Crippen LogP contribution is -2.40. The number of rotatable bonds is 112. The number of ether oxygens (including phenoxy) is 33. The number of thioether (sulfide) groups is 1. The van der Waals surface area contributed by atoms with E-state index in [1.54, 1.807) is 0 Å². The summed E-state index contributed by atoms with van der Waals surface area (Å²) < 4.78 is 185. The molecular formula is C85H176O36SSi3. The maximum atomic E-state index is 10.4. The van der Waals surface area contributed by atoms with Crippen molar-refractivity contribution >= 4 is 37.9 Å². The first-order chi connectivity index (χ1) is 61.3. The van der Waals surface area contributed by atoms with Gasteiger partial charge in [0.25, 0.3) is 0 Å². The highest BCUT2D eigenvalue weighted by Gasteiger charge is 2.33. The Bertz CT molecular complexity index is 2010. The Morgan fingerprint density at radius 3 is 0.544 bits per heavy atom. The molecule has 0 saturated carbocycles. The minimum atomic E-state index is -1.56. The number of aliphatic hydroxyl groups excluding tert-OH is 1. The van der Waals surface area contributed by atoms with Crippen molar-refractivity contribution in [2.75, 3.05) is 415 Å². The van der Waals surface area contributed by atoms with Crippen molar-refractivity contribution in [3.05, 3.63) is 0 Å². The highest BCUT2D eigenvalue weighted by atomic mass is 32.2. The maximum absolute atomic E-state index is 10.4. The lowest BCUT2D eigenvalue weighted by atomic mass is 10.3. The molecule has 0 aromatic carbocycles. The van der Waals surface area contributed by atoms with Crippen molar-refractivity contribution in [3.63, 3.8) is 0 Å². The molecule has 3 N–H and O–H groups in total. The molecule has 0 aromatic heterocycles. The molecule has 0 heterocycles. The van der Waals surface area contributed by atoms with Crippen LogP contribution in [0.2, 0.25) is 36.0 Å². The monoisotopic (exact) mass is 1890 g/mol. The van der Waals surface area contributed by atoms with Crippen molar-refractivity contribution in [2.45, 2.75) is 141 Å². The third kappa shape index (κ3) is 102. The maximum Gasteiger partial charge on any atom is 0.203 e. The molecule has 0 aliphatic heterocycles. The van der Waals surface area contributed by atoms with Gasteiger partial charge in [-0.3, -0.25) is 0 Å². The predicted octanol–water partition coefficient (Wildman–Crippen LogP) is 5.54. The Balaban J connectivity index is 3.20. The summed E-state index contributed by atoms with van der Waals surface area (Å²) in [7, 11) is -4.03. The summed E-state index contributed by atoms with van der Waals surface area (Å²) in [6, 6.07) is 3.02. The van der Waals surface area contributed by atoms with E-state index in [1.165, 1.54) is 12.5 Å². The molecule has 6 atom stereocenters. The smallest absolute Gasteiger partial charge is 0.203 e. The second-order valence-corrected chi connectivity index (χ2v) is 41.0. The van der Waals surface area contributed by atoms with Gasteiger partial charge in [0.1, 0.15) is 0 Å². The Kier molecular flexibility index (Phi) is 104. The molecule has 0 aliphatic carbocycles. The highest BCUT2D eigenvalue weighted by Crippen LogP contribution is 2.27. The summed E-state index contributed by atoms with van der Waals surface area (Å²) in [4.78, 5) is 20.8. The zero-order valence-corrected chi connectivity index (χ0v) is 82.5. The first-order valence-electron chi connectivity index (χ1n) is 45.9. The predicted molar refractivity (Wildman–Crippen MR) is 481 cm³/mol. The molecule has 6 unspecified atom stereocenters. The summed E-state index contributed by atoms with van der Waals surface area (Å²) >= 11 is 1.98. The van der Waals surface area contributed by atoms with Gasteiger partial charge >= 0.3 is 0 Å².